The summed E-state index contributed by atoms with van der Waals surface area (Å²) < 4.78 is 47.9. The van der Waals surface area contributed by atoms with Gasteiger partial charge in [0.1, 0.15) is 5.75 Å². The van der Waals surface area contributed by atoms with Gasteiger partial charge in [0.05, 0.1) is 30.4 Å². The quantitative estimate of drug-likeness (QED) is 0.635. The molecule has 2 heterocycles. The number of ether oxygens (including phenoxy) is 2. The summed E-state index contributed by atoms with van der Waals surface area (Å²) in [5.41, 5.74) is 1.68. The molecule has 9 heteroatoms. The number of alkyl halides is 3. The van der Waals surface area contributed by atoms with Gasteiger partial charge in [-0.15, -0.1) is 13.2 Å². The fourth-order valence-corrected chi connectivity index (χ4v) is 3.49. The van der Waals surface area contributed by atoms with E-state index in [9.17, 15) is 18.0 Å². The van der Waals surface area contributed by atoms with Crippen molar-refractivity contribution in [2.24, 2.45) is 0 Å². The number of hydrogen-bond acceptors (Lipinski definition) is 5. The largest absolute Gasteiger partial charge is 0.573 e. The Kier molecular flexibility index (Phi) is 5.74. The summed E-state index contributed by atoms with van der Waals surface area (Å²) in [6, 6.07) is 10.7. The Bertz CT molecular complexity index is 1070. The van der Waals surface area contributed by atoms with Crippen LogP contribution in [0.1, 0.15) is 0 Å². The van der Waals surface area contributed by atoms with Crippen LogP contribution in [0.25, 0.3) is 22.0 Å². The summed E-state index contributed by atoms with van der Waals surface area (Å²) >= 11 is 0. The zero-order valence-electron chi connectivity index (χ0n) is 16.1. The van der Waals surface area contributed by atoms with Crippen LogP contribution in [0.2, 0.25) is 0 Å². The number of benzene rings is 2. The molecule has 3 aromatic rings. The number of aromatic nitrogens is 2. The Morgan fingerprint density at radius 2 is 1.77 bits per heavy atom. The number of morpholine rings is 1. The van der Waals surface area contributed by atoms with Gasteiger partial charge in [-0.1, -0.05) is 24.3 Å². The van der Waals surface area contributed by atoms with Crippen molar-refractivity contribution >= 4 is 10.9 Å². The minimum atomic E-state index is -4.74. The fraction of sp³-hybridized carbons (Fsp3) is 0.333. The van der Waals surface area contributed by atoms with E-state index in [4.69, 9.17) is 4.74 Å². The maximum atomic E-state index is 12.9. The van der Waals surface area contributed by atoms with Gasteiger partial charge in [-0.05, 0) is 23.8 Å². The van der Waals surface area contributed by atoms with Crippen molar-refractivity contribution in [1.29, 1.82) is 0 Å². The molecule has 0 amide bonds. The Balaban J connectivity index is 1.59. The van der Waals surface area contributed by atoms with E-state index < -0.39 is 6.36 Å². The molecule has 1 fully saturated rings. The molecule has 0 spiro atoms. The van der Waals surface area contributed by atoms with Crippen LogP contribution < -0.4 is 10.3 Å². The summed E-state index contributed by atoms with van der Waals surface area (Å²) in [6.45, 7) is 4.33. The summed E-state index contributed by atoms with van der Waals surface area (Å²) in [4.78, 5) is 19.6. The molecule has 0 saturated carbocycles. The molecule has 2 aromatic carbocycles. The molecule has 1 saturated heterocycles. The van der Waals surface area contributed by atoms with Crippen molar-refractivity contribution in [3.8, 4) is 16.9 Å². The summed E-state index contributed by atoms with van der Waals surface area (Å²) in [6.07, 6.45) is -3.22. The lowest BCUT2D eigenvalue weighted by molar-refractivity contribution is -0.274. The smallest absolute Gasteiger partial charge is 0.406 e. The molecule has 0 radical (unpaired) electrons. The molecule has 0 aliphatic carbocycles. The van der Waals surface area contributed by atoms with Crippen molar-refractivity contribution in [3.63, 3.8) is 0 Å². The van der Waals surface area contributed by atoms with Crippen molar-refractivity contribution in [1.82, 2.24) is 14.5 Å². The van der Waals surface area contributed by atoms with Crippen molar-refractivity contribution in [3.05, 3.63) is 59.1 Å². The molecule has 158 valence electrons. The number of fused-ring (bicyclic) bond motifs is 1. The van der Waals surface area contributed by atoms with Gasteiger partial charge in [-0.2, -0.15) is 0 Å². The Hall–Kier alpha value is -2.91. The Morgan fingerprint density at radius 1 is 1.03 bits per heavy atom. The zero-order valence-corrected chi connectivity index (χ0v) is 16.1. The fourth-order valence-electron chi connectivity index (χ4n) is 3.49. The van der Waals surface area contributed by atoms with E-state index in [1.165, 1.54) is 30.6 Å². The zero-order chi connectivity index (χ0) is 21.1. The third-order valence-corrected chi connectivity index (χ3v) is 5.01. The van der Waals surface area contributed by atoms with Gasteiger partial charge in [0.2, 0.25) is 0 Å². The van der Waals surface area contributed by atoms with Crippen molar-refractivity contribution in [2.75, 3.05) is 32.8 Å². The van der Waals surface area contributed by atoms with Gasteiger partial charge in [-0.3, -0.25) is 14.3 Å². The van der Waals surface area contributed by atoms with E-state index in [-0.39, 0.29) is 11.3 Å². The summed E-state index contributed by atoms with van der Waals surface area (Å²) in [5.74, 6) is -0.301. The van der Waals surface area contributed by atoms with Crippen LogP contribution >= 0.6 is 0 Å². The van der Waals surface area contributed by atoms with Crippen LogP contribution in [0, 0.1) is 0 Å². The standard InChI is InChI=1S/C21H20F3N3O3/c22-21(23,24)30-16-6-4-15(5-7-16)17-2-1-3-18-19(17)25-14-27(20(18)28)9-8-26-10-12-29-13-11-26/h1-7,14H,8-13H2. The molecule has 30 heavy (non-hydrogen) atoms. The molecule has 1 aliphatic rings. The van der Waals surface area contributed by atoms with Crippen molar-refractivity contribution < 1.29 is 22.6 Å². The molecule has 1 aliphatic heterocycles. The SMILES string of the molecule is O=c1c2cccc(-c3ccc(OC(F)(F)F)cc3)c2ncn1CCN1CCOCC1. The van der Waals surface area contributed by atoms with E-state index in [2.05, 4.69) is 14.6 Å². The molecule has 4 rings (SSSR count). The third kappa shape index (κ3) is 4.63. The first kappa shape index (κ1) is 20.4. The topological polar surface area (TPSA) is 56.6 Å². The van der Waals surface area contributed by atoms with E-state index >= 15 is 0 Å². The average Bonchev–Trinajstić information content (AvgIpc) is 2.73. The molecule has 1 aromatic heterocycles. The van der Waals surface area contributed by atoms with Crippen LogP contribution in [-0.4, -0.2) is 53.7 Å². The predicted molar refractivity (Wildman–Crippen MR) is 105 cm³/mol. The highest BCUT2D eigenvalue weighted by Gasteiger charge is 2.31. The number of halogens is 3. The van der Waals surface area contributed by atoms with Gasteiger partial charge >= 0.3 is 6.36 Å². The lowest BCUT2D eigenvalue weighted by atomic mass is 10.0. The highest BCUT2D eigenvalue weighted by Crippen LogP contribution is 2.29. The monoisotopic (exact) mass is 419 g/mol. The second kappa shape index (κ2) is 8.45. The van der Waals surface area contributed by atoms with Crippen LogP contribution in [0.4, 0.5) is 13.2 Å². The van der Waals surface area contributed by atoms with E-state index in [0.29, 0.717) is 41.8 Å². The highest BCUT2D eigenvalue weighted by atomic mass is 19.4. The lowest BCUT2D eigenvalue weighted by Crippen LogP contribution is -2.39. The second-order valence-electron chi connectivity index (χ2n) is 6.97. The number of rotatable bonds is 5. The normalized spacial score (nSPS) is 15.4. The maximum Gasteiger partial charge on any atom is 0.573 e. The highest BCUT2D eigenvalue weighted by molar-refractivity contribution is 5.93. The van der Waals surface area contributed by atoms with Gasteiger partial charge in [0.25, 0.3) is 5.56 Å². The van der Waals surface area contributed by atoms with Crippen molar-refractivity contribution in [2.45, 2.75) is 12.9 Å². The Labute approximate surface area is 170 Å². The minimum absolute atomic E-state index is 0.146. The molecule has 6 nitrogen and oxygen atoms in total. The van der Waals surface area contributed by atoms with E-state index in [1.54, 1.807) is 22.8 Å². The molecular formula is C21H20F3N3O3. The summed E-state index contributed by atoms with van der Waals surface area (Å²) in [7, 11) is 0. The first-order valence-electron chi connectivity index (χ1n) is 9.55. The average molecular weight is 419 g/mol. The number of hydrogen-bond donors (Lipinski definition) is 0. The molecule has 0 unspecified atom stereocenters. The number of nitrogens with zero attached hydrogens (tertiary/aromatic N) is 3. The van der Waals surface area contributed by atoms with Crippen LogP contribution in [0.3, 0.4) is 0 Å². The van der Waals surface area contributed by atoms with Gasteiger partial charge in [-0.25, -0.2) is 4.98 Å². The number of para-hydroxylation sites is 1. The van der Waals surface area contributed by atoms with Gasteiger partial charge < -0.3 is 9.47 Å². The molecular weight excluding hydrogens is 399 g/mol. The predicted octanol–water partition coefficient (Wildman–Crippen LogP) is 3.29. The molecule has 0 bridgehead atoms. The van der Waals surface area contributed by atoms with Crippen LogP contribution in [-0.2, 0) is 11.3 Å². The molecule has 0 N–H and O–H groups in total. The second-order valence-corrected chi connectivity index (χ2v) is 6.97. The Morgan fingerprint density at radius 3 is 2.47 bits per heavy atom. The maximum absolute atomic E-state index is 12.9. The first-order valence-corrected chi connectivity index (χ1v) is 9.55. The first-order chi connectivity index (χ1) is 14.4. The summed E-state index contributed by atoms with van der Waals surface area (Å²) in [5, 5.41) is 0.465. The lowest BCUT2D eigenvalue weighted by Gasteiger charge is -2.26. The van der Waals surface area contributed by atoms with Gasteiger partial charge in [0.15, 0.2) is 0 Å². The van der Waals surface area contributed by atoms with Crippen LogP contribution in [0.5, 0.6) is 5.75 Å². The molecule has 0 atom stereocenters. The third-order valence-electron chi connectivity index (χ3n) is 5.01. The van der Waals surface area contributed by atoms with Gasteiger partial charge in [0, 0.05) is 31.7 Å². The van der Waals surface area contributed by atoms with E-state index in [1.807, 2.05) is 0 Å². The van der Waals surface area contributed by atoms with Crippen LogP contribution in [0.15, 0.2) is 53.6 Å². The van der Waals surface area contributed by atoms with E-state index in [0.717, 1.165) is 19.6 Å². The minimum Gasteiger partial charge on any atom is -0.406 e.